The number of carbonyl (C=O) groups excluding carboxylic acids is 2. The molecule has 0 spiro atoms. The molecule has 0 aromatic heterocycles. The maximum Gasteiger partial charge on any atom is 0.227 e. The van der Waals surface area contributed by atoms with Gasteiger partial charge in [0.15, 0.2) is 0 Å². The highest BCUT2D eigenvalue weighted by atomic mass is 16.2. The van der Waals surface area contributed by atoms with E-state index in [4.69, 9.17) is 0 Å². The van der Waals surface area contributed by atoms with E-state index in [1.54, 1.807) is 0 Å². The Morgan fingerprint density at radius 2 is 2.16 bits per heavy atom. The second kappa shape index (κ2) is 5.12. The van der Waals surface area contributed by atoms with Crippen LogP contribution in [0, 0.1) is 11.8 Å². The minimum absolute atomic E-state index is 0.0320. The number of hydrogen-bond acceptors (Lipinski definition) is 3. The Bertz CT molecular complexity index is 385. The van der Waals surface area contributed by atoms with Crippen LogP contribution in [-0.2, 0) is 9.59 Å². The average Bonchev–Trinajstić information content (AvgIpc) is 2.80. The van der Waals surface area contributed by atoms with Crippen LogP contribution in [0.15, 0.2) is 0 Å². The monoisotopic (exact) mass is 265 g/mol. The first-order chi connectivity index (χ1) is 9.18. The van der Waals surface area contributed by atoms with Crippen LogP contribution in [0.3, 0.4) is 0 Å². The molecule has 3 heterocycles. The predicted molar refractivity (Wildman–Crippen MR) is 71.4 cm³/mol. The molecule has 3 aliphatic rings. The van der Waals surface area contributed by atoms with E-state index in [9.17, 15) is 9.59 Å². The second-order valence-electron chi connectivity index (χ2n) is 6.08. The summed E-state index contributed by atoms with van der Waals surface area (Å²) in [7, 11) is 0. The summed E-state index contributed by atoms with van der Waals surface area (Å²) >= 11 is 0. The van der Waals surface area contributed by atoms with Crippen LogP contribution < -0.4 is 10.6 Å². The summed E-state index contributed by atoms with van der Waals surface area (Å²) in [6, 6.07) is 0.356. The number of likely N-dealkylation sites (tertiary alicyclic amines) is 1. The number of piperidine rings is 2. The third-order valence-electron chi connectivity index (χ3n) is 4.96. The lowest BCUT2D eigenvalue weighted by molar-refractivity contribution is -0.142. The molecule has 0 radical (unpaired) electrons. The van der Waals surface area contributed by atoms with Crippen LogP contribution in [0.2, 0.25) is 0 Å². The first kappa shape index (κ1) is 12.9. The molecule has 4 unspecified atom stereocenters. The van der Waals surface area contributed by atoms with Gasteiger partial charge in [-0.1, -0.05) is 0 Å². The van der Waals surface area contributed by atoms with Crippen LogP contribution in [0.1, 0.15) is 32.6 Å². The minimum Gasteiger partial charge on any atom is -0.354 e. The molecular weight excluding hydrogens is 242 g/mol. The van der Waals surface area contributed by atoms with Crippen LogP contribution >= 0.6 is 0 Å². The number of fused-ring (bicyclic) bond motifs is 1. The van der Waals surface area contributed by atoms with Gasteiger partial charge in [-0.2, -0.15) is 0 Å². The molecule has 0 aromatic carbocycles. The number of hydrogen-bond donors (Lipinski definition) is 2. The van der Waals surface area contributed by atoms with Crippen molar-refractivity contribution in [1.29, 1.82) is 0 Å². The van der Waals surface area contributed by atoms with Gasteiger partial charge in [-0.15, -0.1) is 0 Å². The van der Waals surface area contributed by atoms with Crippen molar-refractivity contribution in [3.05, 3.63) is 0 Å². The van der Waals surface area contributed by atoms with Crippen molar-refractivity contribution in [2.24, 2.45) is 11.8 Å². The molecule has 5 heteroatoms. The van der Waals surface area contributed by atoms with Crippen molar-refractivity contribution in [2.75, 3.05) is 19.6 Å². The molecular formula is C14H23N3O2. The van der Waals surface area contributed by atoms with Crippen molar-refractivity contribution in [3.63, 3.8) is 0 Å². The molecule has 2 amide bonds. The topological polar surface area (TPSA) is 61.4 Å². The Balaban J connectivity index is 1.73. The highest BCUT2D eigenvalue weighted by Gasteiger charge is 2.44. The fraction of sp³-hybridized carbons (Fsp3) is 0.857. The van der Waals surface area contributed by atoms with Crippen LogP contribution in [0.25, 0.3) is 0 Å². The van der Waals surface area contributed by atoms with E-state index in [0.29, 0.717) is 6.54 Å². The number of nitrogens with one attached hydrogen (secondary N) is 2. The number of rotatable bonds is 1. The lowest BCUT2D eigenvalue weighted by atomic mass is 9.86. The lowest BCUT2D eigenvalue weighted by Crippen LogP contribution is -2.54. The van der Waals surface area contributed by atoms with Gasteiger partial charge in [-0.25, -0.2) is 0 Å². The highest BCUT2D eigenvalue weighted by Crippen LogP contribution is 2.30. The Labute approximate surface area is 114 Å². The van der Waals surface area contributed by atoms with Crippen molar-refractivity contribution < 1.29 is 9.59 Å². The fourth-order valence-corrected chi connectivity index (χ4v) is 3.82. The van der Waals surface area contributed by atoms with Crippen molar-refractivity contribution >= 4 is 11.8 Å². The quantitative estimate of drug-likeness (QED) is 0.707. The Morgan fingerprint density at radius 3 is 2.95 bits per heavy atom. The Hall–Kier alpha value is -1.10. The fourth-order valence-electron chi connectivity index (χ4n) is 3.82. The zero-order valence-corrected chi connectivity index (χ0v) is 11.5. The lowest BCUT2D eigenvalue weighted by Gasteiger charge is -2.40. The highest BCUT2D eigenvalue weighted by molar-refractivity contribution is 5.85. The van der Waals surface area contributed by atoms with Gasteiger partial charge in [0.2, 0.25) is 11.8 Å². The maximum absolute atomic E-state index is 12.8. The zero-order chi connectivity index (χ0) is 13.4. The third kappa shape index (κ3) is 2.24. The molecule has 3 aliphatic heterocycles. The number of carbonyl (C=O) groups is 2. The van der Waals surface area contributed by atoms with E-state index in [0.717, 1.165) is 38.8 Å². The smallest absolute Gasteiger partial charge is 0.227 e. The van der Waals surface area contributed by atoms with Gasteiger partial charge < -0.3 is 15.5 Å². The summed E-state index contributed by atoms with van der Waals surface area (Å²) in [5.74, 6) is 0.510. The van der Waals surface area contributed by atoms with E-state index < -0.39 is 0 Å². The van der Waals surface area contributed by atoms with Gasteiger partial charge in [0.1, 0.15) is 0 Å². The summed E-state index contributed by atoms with van der Waals surface area (Å²) in [4.78, 5) is 26.5. The van der Waals surface area contributed by atoms with Gasteiger partial charge >= 0.3 is 0 Å². The molecule has 3 fully saturated rings. The van der Waals surface area contributed by atoms with Crippen molar-refractivity contribution in [3.8, 4) is 0 Å². The average molecular weight is 265 g/mol. The number of nitrogens with zero attached hydrogens (tertiary/aromatic N) is 1. The van der Waals surface area contributed by atoms with Gasteiger partial charge in [-0.3, -0.25) is 9.59 Å². The van der Waals surface area contributed by atoms with E-state index in [-0.39, 0.29) is 35.7 Å². The first-order valence-corrected chi connectivity index (χ1v) is 7.50. The first-order valence-electron chi connectivity index (χ1n) is 7.50. The van der Waals surface area contributed by atoms with E-state index in [1.807, 2.05) is 4.90 Å². The Morgan fingerprint density at radius 1 is 1.32 bits per heavy atom. The van der Waals surface area contributed by atoms with Gasteiger partial charge in [-0.05, 0) is 39.2 Å². The summed E-state index contributed by atoms with van der Waals surface area (Å²) in [6.07, 6.45) is 3.93. The van der Waals surface area contributed by atoms with Gasteiger partial charge in [0, 0.05) is 19.1 Å². The van der Waals surface area contributed by atoms with E-state index >= 15 is 0 Å². The van der Waals surface area contributed by atoms with Crippen molar-refractivity contribution in [1.82, 2.24) is 15.5 Å². The maximum atomic E-state index is 12.8. The largest absolute Gasteiger partial charge is 0.354 e. The molecule has 5 nitrogen and oxygen atoms in total. The summed E-state index contributed by atoms with van der Waals surface area (Å²) in [5, 5.41) is 6.30. The molecule has 0 aromatic rings. The standard InChI is InChI=1S/C14H23N3O2/c1-9-10(4-2-6-15-9)14(19)17-7-3-5-11-12(17)8-16-13(11)18/h9-12,15H,2-8H2,1H3,(H,16,18). The van der Waals surface area contributed by atoms with Crippen LogP contribution in [-0.4, -0.2) is 48.4 Å². The summed E-state index contributed by atoms with van der Waals surface area (Å²) in [5.41, 5.74) is 0. The normalized spacial score (nSPS) is 38.8. The van der Waals surface area contributed by atoms with Gasteiger partial charge in [0.05, 0.1) is 17.9 Å². The predicted octanol–water partition coefficient (Wildman–Crippen LogP) is 0.112. The zero-order valence-electron chi connectivity index (χ0n) is 11.5. The molecule has 0 bridgehead atoms. The van der Waals surface area contributed by atoms with Gasteiger partial charge in [0.25, 0.3) is 0 Å². The molecule has 0 aliphatic carbocycles. The van der Waals surface area contributed by atoms with Crippen LogP contribution in [0.4, 0.5) is 0 Å². The Kier molecular flexibility index (Phi) is 3.48. The summed E-state index contributed by atoms with van der Waals surface area (Å²) in [6.45, 7) is 4.57. The molecule has 4 atom stereocenters. The second-order valence-corrected chi connectivity index (χ2v) is 6.08. The SMILES string of the molecule is CC1NCCCC1C(=O)N1CCCC2C(=O)NCC21. The molecule has 2 N–H and O–H groups in total. The van der Waals surface area contributed by atoms with Crippen LogP contribution in [0.5, 0.6) is 0 Å². The number of amides is 2. The van der Waals surface area contributed by atoms with E-state index in [2.05, 4.69) is 17.6 Å². The molecule has 0 saturated carbocycles. The molecule has 106 valence electrons. The van der Waals surface area contributed by atoms with Crippen molar-refractivity contribution in [2.45, 2.75) is 44.7 Å². The summed E-state index contributed by atoms with van der Waals surface area (Å²) < 4.78 is 0. The third-order valence-corrected chi connectivity index (χ3v) is 4.96. The minimum atomic E-state index is 0.0320. The molecule has 3 rings (SSSR count). The van der Waals surface area contributed by atoms with E-state index in [1.165, 1.54) is 0 Å². The molecule has 19 heavy (non-hydrogen) atoms. The molecule has 3 saturated heterocycles.